The van der Waals surface area contributed by atoms with Crippen LogP contribution in [0.1, 0.15) is 68.1 Å². The zero-order valence-corrected chi connectivity index (χ0v) is 22.9. The molecule has 5 heteroatoms. The molecule has 0 spiro atoms. The third kappa shape index (κ3) is 6.87. The summed E-state index contributed by atoms with van der Waals surface area (Å²) in [6, 6.07) is 32.3. The van der Waals surface area contributed by atoms with Gasteiger partial charge in [-0.3, -0.25) is 9.59 Å². The smallest absolute Gasteiger partial charge is 0.307 e. The second-order valence-corrected chi connectivity index (χ2v) is 11.5. The van der Waals surface area contributed by atoms with E-state index in [0.717, 1.165) is 44.3 Å². The van der Waals surface area contributed by atoms with Crippen molar-refractivity contribution in [3.05, 3.63) is 108 Å². The molecule has 2 unspecified atom stereocenters. The monoisotopic (exact) mass is 529 g/mol. The number of amides is 1. The zero-order chi connectivity index (χ0) is 26.6. The molecule has 0 radical (unpaired) electrons. The topological polar surface area (TPSA) is 66.4 Å². The van der Waals surface area contributed by atoms with E-state index in [1.165, 1.54) is 16.7 Å². The second kappa shape index (κ2) is 14.2. The standard InChI is InChI=1S/C33H39NO3S/c35-31(29-22-12-13-23-30(29)32(36)37)34-24-14-1-2-15-25-38-33(26-16-6-3-7-17-26,27-18-8-4-9-19-27)28-20-10-5-11-21-28/h3-11,16-21,29-30H,1-2,12-15,22-25H2,(H,34,35)(H,36,37). The van der Waals surface area contributed by atoms with Crippen LogP contribution in [-0.2, 0) is 14.3 Å². The van der Waals surface area contributed by atoms with Crippen LogP contribution >= 0.6 is 11.8 Å². The number of unbranched alkanes of at least 4 members (excludes halogenated alkanes) is 3. The van der Waals surface area contributed by atoms with Crippen LogP contribution in [0, 0.1) is 11.8 Å². The van der Waals surface area contributed by atoms with E-state index in [1.54, 1.807) is 0 Å². The summed E-state index contributed by atoms with van der Waals surface area (Å²) in [5.41, 5.74) is 3.85. The van der Waals surface area contributed by atoms with Crippen molar-refractivity contribution in [2.24, 2.45) is 11.8 Å². The van der Waals surface area contributed by atoms with Gasteiger partial charge in [0.05, 0.1) is 16.6 Å². The summed E-state index contributed by atoms with van der Waals surface area (Å²) < 4.78 is -0.279. The Labute approximate surface area is 231 Å². The maximum Gasteiger partial charge on any atom is 0.307 e. The van der Waals surface area contributed by atoms with Gasteiger partial charge in [0.15, 0.2) is 0 Å². The first-order chi connectivity index (χ1) is 18.6. The average molecular weight is 530 g/mol. The minimum Gasteiger partial charge on any atom is -0.481 e. The second-order valence-electron chi connectivity index (χ2n) is 10.2. The Bertz CT molecular complexity index is 1040. The van der Waals surface area contributed by atoms with Gasteiger partial charge in [0.25, 0.3) is 0 Å². The quantitative estimate of drug-likeness (QED) is 0.180. The molecule has 1 aliphatic rings. The summed E-state index contributed by atoms with van der Waals surface area (Å²) >= 11 is 1.99. The van der Waals surface area contributed by atoms with Crippen LogP contribution in [0.4, 0.5) is 0 Å². The molecule has 2 atom stereocenters. The van der Waals surface area contributed by atoms with Crippen LogP contribution < -0.4 is 5.32 Å². The normalized spacial score (nSPS) is 17.6. The maximum absolute atomic E-state index is 12.6. The minimum atomic E-state index is -0.833. The van der Waals surface area contributed by atoms with Gasteiger partial charge in [0, 0.05) is 6.54 Å². The van der Waals surface area contributed by atoms with Crippen LogP contribution in [0.3, 0.4) is 0 Å². The molecule has 0 aromatic heterocycles. The summed E-state index contributed by atoms with van der Waals surface area (Å²) in [4.78, 5) is 24.1. The fourth-order valence-corrected chi connectivity index (χ4v) is 7.22. The molecular formula is C33H39NO3S. The largest absolute Gasteiger partial charge is 0.481 e. The molecule has 3 aromatic rings. The van der Waals surface area contributed by atoms with E-state index in [0.29, 0.717) is 19.4 Å². The highest BCUT2D eigenvalue weighted by Gasteiger charge is 2.37. The first-order valence-electron chi connectivity index (χ1n) is 13.9. The average Bonchev–Trinajstić information content (AvgIpc) is 2.98. The molecule has 0 aliphatic heterocycles. The van der Waals surface area contributed by atoms with Gasteiger partial charge in [-0.25, -0.2) is 0 Å². The van der Waals surface area contributed by atoms with Gasteiger partial charge in [-0.15, -0.1) is 11.8 Å². The third-order valence-corrected chi connectivity index (χ3v) is 9.28. The fraction of sp³-hybridized carbons (Fsp3) is 0.394. The Balaban J connectivity index is 1.32. The molecule has 0 heterocycles. The van der Waals surface area contributed by atoms with Crippen molar-refractivity contribution in [3.8, 4) is 0 Å². The molecule has 2 N–H and O–H groups in total. The molecule has 1 saturated carbocycles. The first kappa shape index (κ1) is 28.0. The maximum atomic E-state index is 12.6. The number of nitrogens with one attached hydrogen (secondary N) is 1. The number of carboxylic acids is 1. The lowest BCUT2D eigenvalue weighted by atomic mass is 9.78. The molecule has 1 fully saturated rings. The highest BCUT2D eigenvalue weighted by molar-refractivity contribution is 8.00. The van der Waals surface area contributed by atoms with Gasteiger partial charge >= 0.3 is 5.97 Å². The highest BCUT2D eigenvalue weighted by Crippen LogP contribution is 2.48. The van der Waals surface area contributed by atoms with Gasteiger partial charge in [0.2, 0.25) is 5.91 Å². The number of hydrogen-bond acceptors (Lipinski definition) is 3. The molecule has 1 aliphatic carbocycles. The predicted molar refractivity (Wildman–Crippen MR) is 156 cm³/mol. The van der Waals surface area contributed by atoms with Crippen LogP contribution in [0.25, 0.3) is 0 Å². The molecule has 4 nitrogen and oxygen atoms in total. The summed E-state index contributed by atoms with van der Waals surface area (Å²) in [6.45, 7) is 0.622. The molecule has 38 heavy (non-hydrogen) atoms. The number of thioether (sulfide) groups is 1. The molecule has 0 saturated heterocycles. The Kier molecular flexibility index (Phi) is 10.5. The van der Waals surface area contributed by atoms with Gasteiger partial charge in [-0.2, -0.15) is 0 Å². The zero-order valence-electron chi connectivity index (χ0n) is 22.1. The number of aliphatic carboxylic acids is 1. The number of carboxylic acid groups (broad SMARTS) is 1. The predicted octanol–water partition coefficient (Wildman–Crippen LogP) is 7.28. The van der Waals surface area contributed by atoms with E-state index in [-0.39, 0.29) is 16.6 Å². The van der Waals surface area contributed by atoms with Crippen molar-refractivity contribution >= 4 is 23.6 Å². The van der Waals surface area contributed by atoms with E-state index in [4.69, 9.17) is 0 Å². The summed E-state index contributed by atoms with van der Waals surface area (Å²) in [6.07, 6.45) is 7.29. The van der Waals surface area contributed by atoms with Gasteiger partial charge in [0.1, 0.15) is 0 Å². The van der Waals surface area contributed by atoms with Gasteiger partial charge in [-0.05, 0) is 48.1 Å². The number of hydrogen-bond donors (Lipinski definition) is 2. The van der Waals surface area contributed by atoms with Crippen LogP contribution in [0.5, 0.6) is 0 Å². The van der Waals surface area contributed by atoms with Crippen molar-refractivity contribution in [1.29, 1.82) is 0 Å². The van der Waals surface area contributed by atoms with Gasteiger partial charge in [-0.1, -0.05) is 117 Å². The fourth-order valence-electron chi connectivity index (χ4n) is 5.66. The van der Waals surface area contributed by atoms with Crippen molar-refractivity contribution < 1.29 is 14.7 Å². The lowest BCUT2D eigenvalue weighted by molar-refractivity contribution is -0.148. The highest BCUT2D eigenvalue weighted by atomic mass is 32.2. The summed E-state index contributed by atoms with van der Waals surface area (Å²) in [7, 11) is 0. The summed E-state index contributed by atoms with van der Waals surface area (Å²) in [5.74, 6) is -0.793. The summed E-state index contributed by atoms with van der Waals surface area (Å²) in [5, 5.41) is 12.5. The van der Waals surface area contributed by atoms with Crippen molar-refractivity contribution in [2.45, 2.75) is 56.1 Å². The molecule has 1 amide bonds. The SMILES string of the molecule is O=C(O)C1CCCCC1C(=O)NCCCCCCSC(c1ccccc1)(c1ccccc1)c1ccccc1. The Morgan fingerprint density at radius 1 is 0.711 bits per heavy atom. The number of carbonyl (C=O) groups excluding carboxylic acids is 1. The van der Waals surface area contributed by atoms with Crippen molar-refractivity contribution in [2.75, 3.05) is 12.3 Å². The van der Waals surface area contributed by atoms with Gasteiger partial charge < -0.3 is 10.4 Å². The number of benzene rings is 3. The van der Waals surface area contributed by atoms with Crippen LogP contribution in [0.15, 0.2) is 91.0 Å². The van der Waals surface area contributed by atoms with E-state index < -0.39 is 11.9 Å². The van der Waals surface area contributed by atoms with Crippen LogP contribution in [-0.4, -0.2) is 29.3 Å². The van der Waals surface area contributed by atoms with Crippen molar-refractivity contribution in [3.63, 3.8) is 0 Å². The molecular weight excluding hydrogens is 490 g/mol. The Hall–Kier alpha value is -3.05. The first-order valence-corrected chi connectivity index (χ1v) is 14.9. The lowest BCUT2D eigenvalue weighted by Crippen LogP contribution is -2.40. The third-order valence-electron chi connectivity index (χ3n) is 7.65. The van der Waals surface area contributed by atoms with Crippen LogP contribution in [0.2, 0.25) is 0 Å². The number of rotatable bonds is 13. The van der Waals surface area contributed by atoms with E-state index in [2.05, 4.69) is 96.3 Å². The van der Waals surface area contributed by atoms with E-state index in [9.17, 15) is 14.7 Å². The lowest BCUT2D eigenvalue weighted by Gasteiger charge is -2.35. The van der Waals surface area contributed by atoms with Crippen molar-refractivity contribution in [1.82, 2.24) is 5.32 Å². The molecule has 3 aromatic carbocycles. The molecule has 0 bridgehead atoms. The molecule has 4 rings (SSSR count). The number of carbonyl (C=O) groups is 2. The minimum absolute atomic E-state index is 0.0778. The molecule has 200 valence electrons. The Morgan fingerprint density at radius 2 is 1.18 bits per heavy atom. The van der Waals surface area contributed by atoms with E-state index in [1.807, 2.05) is 11.8 Å². The van der Waals surface area contributed by atoms with E-state index >= 15 is 0 Å². The Morgan fingerprint density at radius 3 is 1.68 bits per heavy atom.